The summed E-state index contributed by atoms with van der Waals surface area (Å²) in [6.45, 7) is 12.6. The fourth-order valence-electron chi connectivity index (χ4n) is 3.90. The van der Waals surface area contributed by atoms with Crippen LogP contribution < -0.4 is 4.90 Å². The van der Waals surface area contributed by atoms with E-state index in [9.17, 15) is 4.39 Å². The molecule has 1 heterocycles. The summed E-state index contributed by atoms with van der Waals surface area (Å²) < 4.78 is 14.4. The van der Waals surface area contributed by atoms with Crippen LogP contribution in [0.3, 0.4) is 0 Å². The van der Waals surface area contributed by atoms with E-state index in [1.54, 1.807) is 6.07 Å². The molecule has 1 saturated heterocycles. The second-order valence-corrected chi connectivity index (χ2v) is 6.77. The van der Waals surface area contributed by atoms with Gasteiger partial charge >= 0.3 is 0 Å². The van der Waals surface area contributed by atoms with Crippen LogP contribution >= 0.6 is 0 Å². The maximum absolute atomic E-state index is 14.4. The summed E-state index contributed by atoms with van der Waals surface area (Å²) in [5.41, 5.74) is 3.19. The van der Waals surface area contributed by atoms with Gasteiger partial charge in [-0.1, -0.05) is 44.2 Å². The van der Waals surface area contributed by atoms with Crippen molar-refractivity contribution < 1.29 is 4.39 Å². The summed E-state index contributed by atoms with van der Waals surface area (Å²) >= 11 is 0. The van der Waals surface area contributed by atoms with Crippen molar-refractivity contribution in [2.45, 2.75) is 32.7 Å². The molecule has 1 radical (unpaired) electrons. The number of benzene rings is 2. The molecule has 2 nitrogen and oxygen atoms in total. The van der Waals surface area contributed by atoms with Gasteiger partial charge in [-0.2, -0.15) is 0 Å². The quantitative estimate of drug-likeness (QED) is 0.757. The number of hydrogen-bond acceptors (Lipinski definition) is 2. The minimum absolute atomic E-state index is 0.222. The first kappa shape index (κ1) is 17.9. The van der Waals surface area contributed by atoms with Crippen LogP contribution in [0.15, 0.2) is 42.5 Å². The molecule has 0 aromatic heterocycles. The van der Waals surface area contributed by atoms with E-state index in [1.165, 1.54) is 18.5 Å². The molecule has 3 heteroatoms. The molecular formula is C22H28FN2. The van der Waals surface area contributed by atoms with Gasteiger partial charge in [0, 0.05) is 30.4 Å². The first-order valence-electron chi connectivity index (χ1n) is 9.34. The zero-order valence-corrected chi connectivity index (χ0v) is 15.3. The van der Waals surface area contributed by atoms with Gasteiger partial charge in [0.05, 0.1) is 0 Å². The van der Waals surface area contributed by atoms with Crippen molar-refractivity contribution >= 4 is 5.69 Å². The molecular weight excluding hydrogens is 311 g/mol. The number of hydrogen-bond donors (Lipinski definition) is 0. The number of piperidine rings is 1. The van der Waals surface area contributed by atoms with Gasteiger partial charge in [-0.15, -0.1) is 0 Å². The highest BCUT2D eigenvalue weighted by molar-refractivity contribution is 5.70. The van der Waals surface area contributed by atoms with Crippen LogP contribution in [0, 0.1) is 12.7 Å². The van der Waals surface area contributed by atoms with E-state index in [-0.39, 0.29) is 5.82 Å². The summed E-state index contributed by atoms with van der Waals surface area (Å²) in [5.74, 6) is -0.222. The smallest absolute Gasteiger partial charge is 0.134 e. The van der Waals surface area contributed by atoms with Gasteiger partial charge in [0.2, 0.25) is 0 Å². The molecule has 0 unspecified atom stereocenters. The van der Waals surface area contributed by atoms with Gasteiger partial charge in [0.1, 0.15) is 5.82 Å². The Hall–Kier alpha value is -1.87. The highest BCUT2D eigenvalue weighted by Gasteiger charge is 2.23. The van der Waals surface area contributed by atoms with Gasteiger partial charge in [0.15, 0.2) is 0 Å². The van der Waals surface area contributed by atoms with Crippen molar-refractivity contribution in [1.29, 1.82) is 0 Å². The highest BCUT2D eigenvalue weighted by atomic mass is 19.1. The van der Waals surface area contributed by atoms with Crippen molar-refractivity contribution in [1.82, 2.24) is 4.90 Å². The van der Waals surface area contributed by atoms with Crippen molar-refractivity contribution in [2.24, 2.45) is 0 Å². The highest BCUT2D eigenvalue weighted by Crippen LogP contribution is 2.30. The zero-order chi connectivity index (χ0) is 17.8. The fraction of sp³-hybridized carbons (Fsp3) is 0.409. The Labute approximate surface area is 151 Å². The third-order valence-electron chi connectivity index (χ3n) is 5.39. The number of halogens is 1. The largest absolute Gasteiger partial charge is 0.371 e. The Kier molecular flexibility index (Phi) is 5.74. The Bertz CT molecular complexity index is 701. The van der Waals surface area contributed by atoms with Crippen LogP contribution in [0.25, 0.3) is 11.1 Å². The van der Waals surface area contributed by atoms with Crippen LogP contribution in [0.4, 0.5) is 10.1 Å². The Morgan fingerprint density at radius 3 is 2.44 bits per heavy atom. The summed E-state index contributed by atoms with van der Waals surface area (Å²) in [4.78, 5) is 4.98. The maximum atomic E-state index is 14.4. The van der Waals surface area contributed by atoms with E-state index < -0.39 is 0 Å². The number of rotatable bonds is 5. The topological polar surface area (TPSA) is 6.48 Å². The van der Waals surface area contributed by atoms with E-state index >= 15 is 0 Å². The van der Waals surface area contributed by atoms with Gasteiger partial charge in [-0.3, -0.25) is 0 Å². The van der Waals surface area contributed by atoms with Gasteiger partial charge in [-0.25, -0.2) is 4.39 Å². The van der Waals surface area contributed by atoms with E-state index in [1.807, 2.05) is 24.3 Å². The minimum atomic E-state index is -0.222. The minimum Gasteiger partial charge on any atom is -0.371 e. The standard InChI is InChI=1S/C22H28FN2/c1-4-24(5-2)19-12-14-25(15-13-19)20-10-7-9-18(16-20)21-11-6-8-17(3)22(21)23/h6-11,16,19H,3-5,12-15H2,1-2H3. The SMILES string of the molecule is [CH2]c1cccc(-c2cccc(N3CCC(N(CC)CC)CC3)c2)c1F. The Balaban J connectivity index is 1.76. The van der Waals surface area contributed by atoms with Gasteiger partial charge in [-0.05, 0) is 56.1 Å². The Morgan fingerprint density at radius 1 is 1.08 bits per heavy atom. The molecule has 0 bridgehead atoms. The van der Waals surface area contributed by atoms with Crippen LogP contribution in [0.2, 0.25) is 0 Å². The molecule has 1 fully saturated rings. The molecule has 2 aromatic rings. The predicted octanol–water partition coefficient (Wildman–Crippen LogP) is 4.99. The zero-order valence-electron chi connectivity index (χ0n) is 15.3. The lowest BCUT2D eigenvalue weighted by Crippen LogP contribution is -2.44. The second-order valence-electron chi connectivity index (χ2n) is 6.77. The molecule has 3 rings (SSSR count). The third-order valence-corrected chi connectivity index (χ3v) is 5.39. The van der Waals surface area contributed by atoms with Gasteiger partial charge < -0.3 is 9.80 Å². The molecule has 0 N–H and O–H groups in total. The number of nitrogens with zero attached hydrogens (tertiary/aromatic N) is 2. The van der Waals surface area contributed by atoms with E-state index in [2.05, 4.69) is 42.7 Å². The second kappa shape index (κ2) is 8.01. The van der Waals surface area contributed by atoms with Crippen molar-refractivity contribution in [3.63, 3.8) is 0 Å². The molecule has 1 aliphatic heterocycles. The van der Waals surface area contributed by atoms with Crippen LogP contribution in [-0.4, -0.2) is 37.1 Å². The summed E-state index contributed by atoms with van der Waals surface area (Å²) in [6, 6.07) is 14.3. The van der Waals surface area contributed by atoms with Crippen LogP contribution in [0.1, 0.15) is 32.3 Å². The third kappa shape index (κ3) is 3.87. The molecule has 0 atom stereocenters. The average Bonchev–Trinajstić information content (AvgIpc) is 2.66. The molecule has 0 saturated carbocycles. The molecule has 1 aliphatic rings. The maximum Gasteiger partial charge on any atom is 0.134 e. The first-order chi connectivity index (χ1) is 12.1. The molecule has 0 amide bonds. The van der Waals surface area contributed by atoms with Crippen LogP contribution in [0.5, 0.6) is 0 Å². The van der Waals surface area contributed by atoms with E-state index in [4.69, 9.17) is 0 Å². The normalized spacial score (nSPS) is 15.8. The predicted molar refractivity (Wildman–Crippen MR) is 104 cm³/mol. The molecule has 0 spiro atoms. The van der Waals surface area contributed by atoms with E-state index in [0.29, 0.717) is 17.2 Å². The lowest BCUT2D eigenvalue weighted by atomic mass is 9.99. The fourth-order valence-corrected chi connectivity index (χ4v) is 3.90. The Morgan fingerprint density at radius 2 is 1.76 bits per heavy atom. The summed E-state index contributed by atoms with van der Waals surface area (Å²) in [6.07, 6.45) is 2.38. The number of anilines is 1. The summed E-state index contributed by atoms with van der Waals surface area (Å²) in [5, 5.41) is 0. The average molecular weight is 339 g/mol. The lowest BCUT2D eigenvalue weighted by molar-refractivity contribution is 0.186. The monoisotopic (exact) mass is 339 g/mol. The van der Waals surface area contributed by atoms with Crippen LogP contribution in [-0.2, 0) is 0 Å². The molecule has 133 valence electrons. The van der Waals surface area contributed by atoms with Crippen molar-refractivity contribution in [2.75, 3.05) is 31.1 Å². The lowest BCUT2D eigenvalue weighted by Gasteiger charge is -2.38. The first-order valence-corrected chi connectivity index (χ1v) is 9.34. The van der Waals surface area contributed by atoms with Crippen molar-refractivity contribution in [3.8, 4) is 11.1 Å². The van der Waals surface area contributed by atoms with Gasteiger partial charge in [0.25, 0.3) is 0 Å². The molecule has 0 aliphatic carbocycles. The molecule has 2 aromatic carbocycles. The summed E-state index contributed by atoms with van der Waals surface area (Å²) in [7, 11) is 0. The van der Waals surface area contributed by atoms with Crippen molar-refractivity contribution in [3.05, 3.63) is 60.8 Å². The van der Waals surface area contributed by atoms with E-state index in [0.717, 1.165) is 31.7 Å². The molecule has 25 heavy (non-hydrogen) atoms.